The van der Waals surface area contributed by atoms with Crippen LogP contribution in [0.25, 0.3) is 0 Å². The number of carbonyl (C=O) groups is 1. The van der Waals surface area contributed by atoms with Crippen LogP contribution in [0.3, 0.4) is 0 Å². The quantitative estimate of drug-likeness (QED) is 0.659. The highest BCUT2D eigenvalue weighted by atomic mass is 16.1. The Morgan fingerprint density at radius 1 is 1.31 bits per heavy atom. The lowest BCUT2D eigenvalue weighted by atomic mass is 9.43. The average Bonchev–Trinajstić information content (AvgIpc) is 2.13. The van der Waals surface area contributed by atoms with E-state index in [1.165, 1.54) is 38.5 Å². The molecule has 0 N–H and O–H groups in total. The molecular weight excluding hydrogens is 196 g/mol. The van der Waals surface area contributed by atoms with Crippen LogP contribution in [-0.4, -0.2) is 5.78 Å². The van der Waals surface area contributed by atoms with Crippen molar-refractivity contribution in [3.8, 4) is 0 Å². The molecule has 4 saturated carbocycles. The van der Waals surface area contributed by atoms with Crippen molar-refractivity contribution in [1.82, 2.24) is 0 Å². The SMILES string of the molecule is C=CCC(=O)C12CC3CC(CC(C)(C3)C1)C2. The summed E-state index contributed by atoms with van der Waals surface area (Å²) in [6.07, 6.45) is 10.1. The fourth-order valence-corrected chi connectivity index (χ4v) is 5.39. The Morgan fingerprint density at radius 3 is 2.44 bits per heavy atom. The van der Waals surface area contributed by atoms with Crippen molar-refractivity contribution in [2.24, 2.45) is 22.7 Å². The van der Waals surface area contributed by atoms with Gasteiger partial charge in [-0.3, -0.25) is 4.79 Å². The smallest absolute Gasteiger partial charge is 0.142 e. The molecule has 0 radical (unpaired) electrons. The van der Waals surface area contributed by atoms with Gasteiger partial charge in [0, 0.05) is 11.8 Å². The molecule has 4 rings (SSSR count). The van der Waals surface area contributed by atoms with Gasteiger partial charge in [0.1, 0.15) is 5.78 Å². The normalized spacial score (nSPS) is 49.3. The zero-order valence-electron chi connectivity index (χ0n) is 10.3. The monoisotopic (exact) mass is 218 g/mol. The van der Waals surface area contributed by atoms with Gasteiger partial charge < -0.3 is 0 Å². The molecule has 0 amide bonds. The molecule has 4 aliphatic rings. The van der Waals surface area contributed by atoms with Crippen molar-refractivity contribution in [3.63, 3.8) is 0 Å². The molecule has 0 saturated heterocycles. The molecule has 4 fully saturated rings. The van der Waals surface area contributed by atoms with Crippen molar-refractivity contribution in [2.75, 3.05) is 0 Å². The van der Waals surface area contributed by atoms with Crippen molar-refractivity contribution >= 4 is 5.78 Å². The number of ketones is 1. The van der Waals surface area contributed by atoms with E-state index in [1.54, 1.807) is 6.08 Å². The first-order chi connectivity index (χ1) is 7.55. The van der Waals surface area contributed by atoms with Gasteiger partial charge in [0.05, 0.1) is 0 Å². The van der Waals surface area contributed by atoms with Gasteiger partial charge in [-0.1, -0.05) is 13.0 Å². The van der Waals surface area contributed by atoms with E-state index in [0.29, 0.717) is 17.6 Å². The van der Waals surface area contributed by atoms with Crippen molar-refractivity contribution < 1.29 is 4.79 Å². The van der Waals surface area contributed by atoms with Gasteiger partial charge in [-0.25, -0.2) is 0 Å². The van der Waals surface area contributed by atoms with Crippen LogP contribution in [0.15, 0.2) is 12.7 Å². The first-order valence-electron chi connectivity index (χ1n) is 6.69. The van der Waals surface area contributed by atoms with Crippen LogP contribution >= 0.6 is 0 Å². The second-order valence-corrected chi connectivity index (χ2v) is 6.97. The van der Waals surface area contributed by atoms with E-state index in [4.69, 9.17) is 0 Å². The number of hydrogen-bond acceptors (Lipinski definition) is 1. The van der Waals surface area contributed by atoms with Gasteiger partial charge in [-0.05, 0) is 55.8 Å². The van der Waals surface area contributed by atoms with Crippen LogP contribution in [0.5, 0.6) is 0 Å². The summed E-state index contributed by atoms with van der Waals surface area (Å²) in [5, 5.41) is 0. The van der Waals surface area contributed by atoms with Crippen LogP contribution < -0.4 is 0 Å². The van der Waals surface area contributed by atoms with E-state index in [1.807, 2.05) is 0 Å². The fourth-order valence-electron chi connectivity index (χ4n) is 5.39. The molecule has 1 heteroatoms. The lowest BCUT2D eigenvalue weighted by Gasteiger charge is -2.60. The maximum absolute atomic E-state index is 12.4. The first-order valence-corrected chi connectivity index (χ1v) is 6.69. The molecular formula is C15H22O. The summed E-state index contributed by atoms with van der Waals surface area (Å²) in [5.74, 6) is 2.18. The number of carbonyl (C=O) groups excluding carboxylic acids is 1. The van der Waals surface area contributed by atoms with E-state index in [-0.39, 0.29) is 5.41 Å². The summed E-state index contributed by atoms with van der Waals surface area (Å²) in [4.78, 5) is 12.4. The Kier molecular flexibility index (Phi) is 2.12. The minimum atomic E-state index is 0.0625. The highest BCUT2D eigenvalue weighted by molar-refractivity contribution is 5.86. The molecule has 0 heterocycles. The number of rotatable bonds is 3. The van der Waals surface area contributed by atoms with Crippen LogP contribution in [0.1, 0.15) is 51.9 Å². The van der Waals surface area contributed by atoms with Gasteiger partial charge >= 0.3 is 0 Å². The highest BCUT2D eigenvalue weighted by Crippen LogP contribution is 2.65. The van der Waals surface area contributed by atoms with Crippen molar-refractivity contribution in [1.29, 1.82) is 0 Å². The van der Waals surface area contributed by atoms with E-state index >= 15 is 0 Å². The molecule has 1 nitrogen and oxygen atoms in total. The fraction of sp³-hybridized carbons (Fsp3) is 0.800. The lowest BCUT2D eigenvalue weighted by Crippen LogP contribution is -2.53. The lowest BCUT2D eigenvalue weighted by molar-refractivity contribution is -0.152. The summed E-state index contributed by atoms with van der Waals surface area (Å²) in [5.41, 5.74) is 0.550. The molecule has 16 heavy (non-hydrogen) atoms. The summed E-state index contributed by atoms with van der Waals surface area (Å²) in [6.45, 7) is 6.14. The number of Topliss-reactive ketones (excluding diaryl/α,β-unsaturated/α-hetero) is 1. The van der Waals surface area contributed by atoms with Crippen molar-refractivity contribution in [3.05, 3.63) is 12.7 Å². The number of allylic oxidation sites excluding steroid dienone is 1. The standard InChI is InChI=1S/C15H22O/c1-3-4-13(16)15-8-11-5-12(9-15)7-14(2,6-11)10-15/h3,11-12H,1,4-10H2,2H3. The van der Waals surface area contributed by atoms with E-state index in [9.17, 15) is 4.79 Å². The van der Waals surface area contributed by atoms with Crippen molar-refractivity contribution in [2.45, 2.75) is 51.9 Å². The number of hydrogen-bond donors (Lipinski definition) is 0. The third-order valence-electron chi connectivity index (χ3n) is 5.27. The summed E-state index contributed by atoms with van der Waals surface area (Å²) < 4.78 is 0. The molecule has 0 spiro atoms. The van der Waals surface area contributed by atoms with Gasteiger partial charge in [0.25, 0.3) is 0 Å². The highest BCUT2D eigenvalue weighted by Gasteiger charge is 2.58. The van der Waals surface area contributed by atoms with E-state index < -0.39 is 0 Å². The Labute approximate surface area is 98.3 Å². The predicted octanol–water partition coefficient (Wildman–Crippen LogP) is 3.74. The summed E-state index contributed by atoms with van der Waals surface area (Å²) in [7, 11) is 0. The molecule has 4 aliphatic carbocycles. The average molecular weight is 218 g/mol. The Hall–Kier alpha value is -0.590. The molecule has 0 aliphatic heterocycles. The molecule has 0 aromatic carbocycles. The maximum atomic E-state index is 12.4. The summed E-state index contributed by atoms with van der Waals surface area (Å²) >= 11 is 0. The van der Waals surface area contributed by atoms with Crippen LogP contribution in [-0.2, 0) is 4.79 Å². The summed E-state index contributed by atoms with van der Waals surface area (Å²) in [6, 6.07) is 0. The van der Waals surface area contributed by atoms with E-state index in [2.05, 4.69) is 13.5 Å². The predicted molar refractivity (Wildman–Crippen MR) is 65.0 cm³/mol. The molecule has 2 atom stereocenters. The van der Waals surface area contributed by atoms with E-state index in [0.717, 1.165) is 11.8 Å². The Bertz CT molecular complexity index is 327. The Morgan fingerprint density at radius 2 is 1.94 bits per heavy atom. The van der Waals surface area contributed by atoms with Crippen LogP contribution in [0.4, 0.5) is 0 Å². The van der Waals surface area contributed by atoms with Gasteiger partial charge in [-0.15, -0.1) is 6.58 Å². The topological polar surface area (TPSA) is 17.1 Å². The molecule has 2 unspecified atom stereocenters. The zero-order chi connectivity index (χ0) is 11.4. The first kappa shape index (κ1) is 10.6. The minimum Gasteiger partial charge on any atom is -0.299 e. The second-order valence-electron chi connectivity index (χ2n) is 6.97. The maximum Gasteiger partial charge on any atom is 0.142 e. The minimum absolute atomic E-state index is 0.0625. The van der Waals surface area contributed by atoms with Crippen LogP contribution in [0, 0.1) is 22.7 Å². The zero-order valence-corrected chi connectivity index (χ0v) is 10.3. The molecule has 0 aromatic rings. The molecule has 88 valence electrons. The molecule has 4 bridgehead atoms. The Balaban J connectivity index is 1.91. The second kappa shape index (κ2) is 3.21. The third kappa shape index (κ3) is 1.40. The van der Waals surface area contributed by atoms with Gasteiger partial charge in [0.15, 0.2) is 0 Å². The largest absolute Gasteiger partial charge is 0.299 e. The third-order valence-corrected chi connectivity index (χ3v) is 5.27. The molecule has 0 aromatic heterocycles. The van der Waals surface area contributed by atoms with Crippen LogP contribution in [0.2, 0.25) is 0 Å². The van der Waals surface area contributed by atoms with Gasteiger partial charge in [0.2, 0.25) is 0 Å². The van der Waals surface area contributed by atoms with Gasteiger partial charge in [-0.2, -0.15) is 0 Å².